The lowest BCUT2D eigenvalue weighted by Crippen LogP contribution is -2.45. The van der Waals surface area contributed by atoms with E-state index in [4.69, 9.17) is 0 Å². The summed E-state index contributed by atoms with van der Waals surface area (Å²) in [6.07, 6.45) is 12.6. The van der Waals surface area contributed by atoms with Crippen LogP contribution in [0.25, 0.3) is 0 Å². The maximum atomic E-state index is 12.1. The zero-order chi connectivity index (χ0) is 12.9. The van der Waals surface area contributed by atoms with Crippen LogP contribution in [-0.4, -0.2) is 5.78 Å². The van der Waals surface area contributed by atoms with Gasteiger partial charge in [0.2, 0.25) is 0 Å². The highest BCUT2D eigenvalue weighted by Crippen LogP contribution is 2.60. The molecule has 5 rings (SSSR count). The average molecular weight is 272 g/mol. The molecule has 0 saturated heterocycles. The molecule has 1 heterocycles. The molecular weight excluding hydrogens is 252 g/mol. The maximum Gasteiger partial charge on any atom is 0.186 e. The quantitative estimate of drug-likeness (QED) is 0.575. The molecule has 1 aromatic heterocycles. The largest absolute Gasteiger partial charge is 0.289 e. The van der Waals surface area contributed by atoms with Crippen LogP contribution in [0.15, 0.2) is 29.0 Å². The van der Waals surface area contributed by atoms with Crippen molar-refractivity contribution < 1.29 is 4.79 Å². The van der Waals surface area contributed by atoms with Gasteiger partial charge in [-0.05, 0) is 79.2 Å². The van der Waals surface area contributed by atoms with Gasteiger partial charge in [-0.25, -0.2) is 0 Å². The van der Waals surface area contributed by atoms with Gasteiger partial charge in [-0.1, -0.05) is 6.08 Å². The predicted molar refractivity (Wildman–Crippen MR) is 78.4 cm³/mol. The van der Waals surface area contributed by atoms with Crippen LogP contribution in [0.4, 0.5) is 0 Å². The SMILES string of the molecule is O=C(C=CC12CC3CC(CC(C3)C1)C2)c1ccsc1. The second kappa shape index (κ2) is 4.31. The lowest BCUT2D eigenvalue weighted by atomic mass is 9.49. The van der Waals surface area contributed by atoms with E-state index in [1.54, 1.807) is 11.3 Å². The average Bonchev–Trinajstić information content (AvgIpc) is 2.88. The van der Waals surface area contributed by atoms with Crippen molar-refractivity contribution in [2.24, 2.45) is 23.2 Å². The molecule has 1 aromatic rings. The molecule has 1 nitrogen and oxygen atoms in total. The second-order valence-corrected chi connectivity index (χ2v) is 7.77. The molecule has 0 spiro atoms. The van der Waals surface area contributed by atoms with E-state index in [-0.39, 0.29) is 5.78 Å². The molecule has 4 bridgehead atoms. The normalized spacial score (nSPS) is 40.1. The van der Waals surface area contributed by atoms with E-state index in [9.17, 15) is 4.79 Å². The number of hydrogen-bond donors (Lipinski definition) is 0. The smallest absolute Gasteiger partial charge is 0.186 e. The summed E-state index contributed by atoms with van der Waals surface area (Å²) in [6.45, 7) is 0. The molecule has 0 unspecified atom stereocenters. The van der Waals surface area contributed by atoms with E-state index in [2.05, 4.69) is 6.08 Å². The summed E-state index contributed by atoms with van der Waals surface area (Å²) in [7, 11) is 0. The third-order valence-electron chi connectivity index (χ3n) is 5.48. The van der Waals surface area contributed by atoms with Crippen molar-refractivity contribution in [3.63, 3.8) is 0 Å². The third-order valence-corrected chi connectivity index (χ3v) is 6.16. The summed E-state index contributed by atoms with van der Waals surface area (Å²) in [6, 6.07) is 1.93. The van der Waals surface area contributed by atoms with Crippen molar-refractivity contribution in [2.75, 3.05) is 0 Å². The summed E-state index contributed by atoms with van der Waals surface area (Å²) in [4.78, 5) is 12.1. The van der Waals surface area contributed by atoms with Gasteiger partial charge in [-0.3, -0.25) is 4.79 Å². The first-order valence-corrected chi connectivity index (χ1v) is 8.42. The Bertz CT molecular complexity index is 476. The van der Waals surface area contributed by atoms with Crippen molar-refractivity contribution in [3.8, 4) is 0 Å². The van der Waals surface area contributed by atoms with Gasteiger partial charge in [-0.2, -0.15) is 11.3 Å². The van der Waals surface area contributed by atoms with Crippen LogP contribution in [0, 0.1) is 23.2 Å². The lowest BCUT2D eigenvalue weighted by Gasteiger charge is -2.55. The number of ketones is 1. The number of carbonyl (C=O) groups is 1. The first-order valence-electron chi connectivity index (χ1n) is 7.48. The molecule has 0 aromatic carbocycles. The van der Waals surface area contributed by atoms with Gasteiger partial charge in [0.1, 0.15) is 0 Å². The topological polar surface area (TPSA) is 17.1 Å². The number of thiophene rings is 1. The Labute approximate surface area is 118 Å². The van der Waals surface area contributed by atoms with Crippen LogP contribution in [0.3, 0.4) is 0 Å². The fourth-order valence-corrected chi connectivity index (χ4v) is 5.78. The second-order valence-electron chi connectivity index (χ2n) is 6.99. The Morgan fingerprint density at radius 2 is 1.79 bits per heavy atom. The van der Waals surface area contributed by atoms with Gasteiger partial charge in [0.05, 0.1) is 0 Å². The Balaban J connectivity index is 1.54. The first-order chi connectivity index (χ1) is 9.22. The molecule has 0 N–H and O–H groups in total. The molecule has 4 aliphatic rings. The standard InChI is InChI=1S/C17H20OS/c18-16(15-2-4-19-11-15)1-3-17-8-12-5-13(9-17)7-14(6-12)10-17/h1-4,11-14H,5-10H2. The van der Waals surface area contributed by atoms with Crippen LogP contribution in [0.1, 0.15) is 48.9 Å². The Morgan fingerprint density at radius 1 is 1.16 bits per heavy atom. The van der Waals surface area contributed by atoms with Gasteiger partial charge in [0, 0.05) is 10.9 Å². The van der Waals surface area contributed by atoms with Crippen molar-refractivity contribution in [2.45, 2.75) is 38.5 Å². The Morgan fingerprint density at radius 3 is 2.32 bits per heavy atom. The zero-order valence-corrected chi connectivity index (χ0v) is 12.0. The molecular formula is C17H20OS. The van der Waals surface area contributed by atoms with Crippen LogP contribution >= 0.6 is 11.3 Å². The minimum absolute atomic E-state index is 0.192. The summed E-state index contributed by atoms with van der Waals surface area (Å²) in [5, 5.41) is 3.93. The summed E-state index contributed by atoms with van der Waals surface area (Å²) >= 11 is 1.60. The van der Waals surface area contributed by atoms with E-state index in [1.165, 1.54) is 38.5 Å². The van der Waals surface area contributed by atoms with Gasteiger partial charge in [-0.15, -0.1) is 0 Å². The molecule has 0 atom stereocenters. The molecule has 0 radical (unpaired) electrons. The molecule has 0 amide bonds. The van der Waals surface area contributed by atoms with E-state index in [0.29, 0.717) is 5.41 Å². The van der Waals surface area contributed by atoms with Gasteiger partial charge in [0.25, 0.3) is 0 Å². The fourth-order valence-electron chi connectivity index (χ4n) is 5.14. The molecule has 0 aliphatic heterocycles. The molecule has 2 heteroatoms. The highest BCUT2D eigenvalue weighted by Gasteiger charge is 2.49. The lowest BCUT2D eigenvalue weighted by molar-refractivity contribution is -0.0238. The molecule has 4 saturated carbocycles. The summed E-state index contributed by atoms with van der Waals surface area (Å²) in [5.41, 5.74) is 1.23. The van der Waals surface area contributed by atoms with Gasteiger partial charge >= 0.3 is 0 Å². The number of hydrogen-bond acceptors (Lipinski definition) is 2. The van der Waals surface area contributed by atoms with Crippen molar-refractivity contribution in [1.82, 2.24) is 0 Å². The zero-order valence-electron chi connectivity index (χ0n) is 11.2. The molecule has 19 heavy (non-hydrogen) atoms. The number of rotatable bonds is 3. The highest BCUT2D eigenvalue weighted by atomic mass is 32.1. The van der Waals surface area contributed by atoms with E-state index in [1.807, 2.05) is 22.9 Å². The minimum Gasteiger partial charge on any atom is -0.289 e. The summed E-state index contributed by atoms with van der Waals surface area (Å²) in [5.74, 6) is 3.04. The van der Waals surface area contributed by atoms with Gasteiger partial charge < -0.3 is 0 Å². The van der Waals surface area contributed by atoms with Crippen LogP contribution in [0.5, 0.6) is 0 Å². The highest BCUT2D eigenvalue weighted by molar-refractivity contribution is 7.08. The van der Waals surface area contributed by atoms with E-state index < -0.39 is 0 Å². The van der Waals surface area contributed by atoms with Gasteiger partial charge in [0.15, 0.2) is 5.78 Å². The number of carbonyl (C=O) groups excluding carboxylic acids is 1. The fraction of sp³-hybridized carbons (Fsp3) is 0.588. The van der Waals surface area contributed by atoms with E-state index >= 15 is 0 Å². The molecule has 100 valence electrons. The van der Waals surface area contributed by atoms with Crippen molar-refractivity contribution in [1.29, 1.82) is 0 Å². The maximum absolute atomic E-state index is 12.1. The van der Waals surface area contributed by atoms with Crippen LogP contribution in [0.2, 0.25) is 0 Å². The van der Waals surface area contributed by atoms with Crippen LogP contribution < -0.4 is 0 Å². The summed E-state index contributed by atoms with van der Waals surface area (Å²) < 4.78 is 0. The van der Waals surface area contributed by atoms with Crippen molar-refractivity contribution >= 4 is 17.1 Å². The third kappa shape index (κ3) is 2.10. The first kappa shape index (κ1) is 11.9. The molecule has 4 fully saturated rings. The minimum atomic E-state index is 0.192. The Kier molecular flexibility index (Phi) is 2.70. The Hall–Kier alpha value is -0.890. The van der Waals surface area contributed by atoms with E-state index in [0.717, 1.165) is 23.3 Å². The van der Waals surface area contributed by atoms with Crippen LogP contribution in [-0.2, 0) is 0 Å². The van der Waals surface area contributed by atoms with Crippen molar-refractivity contribution in [3.05, 3.63) is 34.5 Å². The monoisotopic (exact) mass is 272 g/mol. The predicted octanol–water partition coefficient (Wildman–Crippen LogP) is 4.70. The molecule has 4 aliphatic carbocycles. The number of allylic oxidation sites excluding steroid dienone is 2.